The quantitative estimate of drug-likeness (QED) is 0.708. The number of ether oxygens (including phenoxy) is 1. The normalized spacial score (nSPS) is 20.0. The highest BCUT2D eigenvalue weighted by Crippen LogP contribution is 2.41. The summed E-state index contributed by atoms with van der Waals surface area (Å²) < 4.78 is 5.52. The molecule has 1 saturated carbocycles. The Morgan fingerprint density at radius 3 is 3.23 bits per heavy atom. The number of fused-ring (bicyclic) bond motifs is 1. The van der Waals surface area contributed by atoms with Crippen molar-refractivity contribution in [1.82, 2.24) is 4.98 Å². The number of hydrogen-bond donors (Lipinski definition) is 1. The molecule has 2 heterocycles. The van der Waals surface area contributed by atoms with E-state index in [-0.39, 0.29) is 0 Å². The first-order valence-corrected chi connectivity index (χ1v) is 4.80. The summed E-state index contributed by atoms with van der Waals surface area (Å²) in [4.78, 5) is 4.34. The van der Waals surface area contributed by atoms with Gasteiger partial charge in [-0.3, -0.25) is 0 Å². The third-order valence-corrected chi connectivity index (χ3v) is 2.57. The fraction of sp³-hybridized carbons (Fsp3) is 0.500. The summed E-state index contributed by atoms with van der Waals surface area (Å²) in [6, 6.07) is 2.13. The van der Waals surface area contributed by atoms with Gasteiger partial charge in [0, 0.05) is 6.20 Å². The number of hydrogen-bond acceptors (Lipinski definition) is 3. The highest BCUT2D eigenvalue weighted by atomic mass is 16.5. The second-order valence-corrected chi connectivity index (χ2v) is 3.66. The molecule has 0 aromatic carbocycles. The maximum atomic E-state index is 5.52. The topological polar surface area (TPSA) is 34.1 Å². The van der Waals surface area contributed by atoms with Gasteiger partial charge in [-0.25, -0.2) is 4.98 Å². The van der Waals surface area contributed by atoms with Crippen molar-refractivity contribution in [3.8, 4) is 5.75 Å². The van der Waals surface area contributed by atoms with Crippen molar-refractivity contribution in [2.75, 3.05) is 18.5 Å². The molecule has 1 N–H and O–H groups in total. The molecule has 1 aromatic rings. The van der Waals surface area contributed by atoms with Crippen LogP contribution in [0.2, 0.25) is 0 Å². The van der Waals surface area contributed by atoms with Gasteiger partial charge in [-0.15, -0.1) is 0 Å². The minimum atomic E-state index is 0.753. The molecule has 3 rings (SSSR count). The number of rotatable bonds is 1. The van der Waals surface area contributed by atoms with Crippen LogP contribution in [0.1, 0.15) is 24.3 Å². The highest BCUT2D eigenvalue weighted by molar-refractivity contribution is 5.53. The van der Waals surface area contributed by atoms with Crippen molar-refractivity contribution in [2.45, 2.75) is 18.8 Å². The summed E-state index contributed by atoms with van der Waals surface area (Å²) in [7, 11) is 0. The van der Waals surface area contributed by atoms with Crippen molar-refractivity contribution >= 4 is 5.82 Å². The first kappa shape index (κ1) is 7.18. The lowest BCUT2D eigenvalue weighted by atomic mass is 10.2. The molecule has 2 aliphatic rings. The lowest BCUT2D eigenvalue weighted by Crippen LogP contribution is -2.19. The Kier molecular flexibility index (Phi) is 1.45. The molecule has 0 amide bonds. The largest absolute Gasteiger partial charge is 0.488 e. The fourth-order valence-corrected chi connectivity index (χ4v) is 1.67. The molecular formula is C10H12N2O. The standard InChI is InChI=1S/C10H12N2O/c1-2-7(1)8-5-9-10(12-6-8)11-3-4-13-9/h5-7H,1-4H2,(H,11,12). The maximum absolute atomic E-state index is 5.52. The molecule has 0 radical (unpaired) electrons. The monoisotopic (exact) mass is 176 g/mol. The van der Waals surface area contributed by atoms with E-state index < -0.39 is 0 Å². The lowest BCUT2D eigenvalue weighted by molar-refractivity contribution is 0.321. The third kappa shape index (κ3) is 1.24. The smallest absolute Gasteiger partial charge is 0.168 e. The molecule has 1 aliphatic heterocycles. The zero-order chi connectivity index (χ0) is 8.67. The SMILES string of the molecule is c1nc2c(cc1C1CC1)OCCN2. The molecule has 0 bridgehead atoms. The molecule has 1 aromatic heterocycles. The molecule has 3 heteroatoms. The molecule has 0 saturated heterocycles. The number of aromatic nitrogens is 1. The van der Waals surface area contributed by atoms with Gasteiger partial charge in [0.25, 0.3) is 0 Å². The summed E-state index contributed by atoms with van der Waals surface area (Å²) >= 11 is 0. The Labute approximate surface area is 77.1 Å². The summed E-state index contributed by atoms with van der Waals surface area (Å²) in [6.07, 6.45) is 4.60. The Morgan fingerprint density at radius 1 is 1.46 bits per heavy atom. The summed E-state index contributed by atoms with van der Waals surface area (Å²) in [5.41, 5.74) is 1.34. The molecular weight excluding hydrogens is 164 g/mol. The van der Waals surface area contributed by atoms with Crippen molar-refractivity contribution in [3.05, 3.63) is 17.8 Å². The van der Waals surface area contributed by atoms with E-state index >= 15 is 0 Å². The van der Waals surface area contributed by atoms with Crippen LogP contribution in [0.3, 0.4) is 0 Å². The lowest BCUT2D eigenvalue weighted by Gasteiger charge is -2.18. The van der Waals surface area contributed by atoms with Crippen LogP contribution in [0.25, 0.3) is 0 Å². The molecule has 0 unspecified atom stereocenters. The van der Waals surface area contributed by atoms with Crippen LogP contribution in [-0.4, -0.2) is 18.1 Å². The average Bonchev–Trinajstić information content (AvgIpc) is 3.00. The maximum Gasteiger partial charge on any atom is 0.168 e. The minimum absolute atomic E-state index is 0.753. The van der Waals surface area contributed by atoms with E-state index in [0.29, 0.717) is 0 Å². The van der Waals surface area contributed by atoms with E-state index in [9.17, 15) is 0 Å². The van der Waals surface area contributed by atoms with Crippen LogP contribution < -0.4 is 10.1 Å². The molecule has 1 fully saturated rings. The Bertz CT molecular complexity index is 334. The number of anilines is 1. The predicted octanol–water partition coefficient (Wildman–Crippen LogP) is 1.76. The summed E-state index contributed by atoms with van der Waals surface area (Å²) in [5.74, 6) is 2.58. The van der Waals surface area contributed by atoms with E-state index in [1.165, 1.54) is 18.4 Å². The Balaban J connectivity index is 1.98. The van der Waals surface area contributed by atoms with Gasteiger partial charge >= 0.3 is 0 Å². The zero-order valence-electron chi connectivity index (χ0n) is 7.42. The molecule has 13 heavy (non-hydrogen) atoms. The van der Waals surface area contributed by atoms with Crippen molar-refractivity contribution < 1.29 is 4.74 Å². The molecule has 3 nitrogen and oxygen atoms in total. The van der Waals surface area contributed by atoms with E-state index in [1.54, 1.807) is 0 Å². The Morgan fingerprint density at radius 2 is 2.38 bits per heavy atom. The predicted molar refractivity (Wildman–Crippen MR) is 50.2 cm³/mol. The minimum Gasteiger partial charge on any atom is -0.488 e. The second kappa shape index (κ2) is 2.62. The van der Waals surface area contributed by atoms with Gasteiger partial charge in [0.2, 0.25) is 0 Å². The van der Waals surface area contributed by atoms with Gasteiger partial charge in [-0.1, -0.05) is 0 Å². The molecule has 0 spiro atoms. The Hall–Kier alpha value is -1.25. The van der Waals surface area contributed by atoms with Gasteiger partial charge in [0.1, 0.15) is 6.61 Å². The van der Waals surface area contributed by atoms with Crippen LogP contribution in [0.15, 0.2) is 12.3 Å². The fourth-order valence-electron chi connectivity index (χ4n) is 1.67. The van der Waals surface area contributed by atoms with E-state index in [4.69, 9.17) is 4.74 Å². The van der Waals surface area contributed by atoms with E-state index in [0.717, 1.165) is 30.6 Å². The number of pyridine rings is 1. The van der Waals surface area contributed by atoms with Crippen molar-refractivity contribution in [3.63, 3.8) is 0 Å². The van der Waals surface area contributed by atoms with E-state index in [1.807, 2.05) is 6.20 Å². The van der Waals surface area contributed by atoms with Gasteiger partial charge in [-0.05, 0) is 30.4 Å². The molecule has 0 atom stereocenters. The van der Waals surface area contributed by atoms with Crippen LogP contribution in [-0.2, 0) is 0 Å². The molecule has 1 aliphatic carbocycles. The highest BCUT2D eigenvalue weighted by Gasteiger charge is 2.25. The summed E-state index contributed by atoms with van der Waals surface area (Å²) in [5, 5.41) is 3.21. The third-order valence-electron chi connectivity index (χ3n) is 2.57. The van der Waals surface area contributed by atoms with Gasteiger partial charge in [-0.2, -0.15) is 0 Å². The first-order valence-electron chi connectivity index (χ1n) is 4.80. The number of nitrogens with zero attached hydrogens (tertiary/aromatic N) is 1. The van der Waals surface area contributed by atoms with Crippen LogP contribution in [0.5, 0.6) is 5.75 Å². The van der Waals surface area contributed by atoms with Gasteiger partial charge in [0.15, 0.2) is 11.6 Å². The summed E-state index contributed by atoms with van der Waals surface area (Å²) in [6.45, 7) is 1.62. The van der Waals surface area contributed by atoms with Crippen molar-refractivity contribution in [2.24, 2.45) is 0 Å². The van der Waals surface area contributed by atoms with Crippen LogP contribution in [0.4, 0.5) is 5.82 Å². The van der Waals surface area contributed by atoms with E-state index in [2.05, 4.69) is 16.4 Å². The molecule has 68 valence electrons. The number of nitrogens with one attached hydrogen (secondary N) is 1. The van der Waals surface area contributed by atoms with Crippen molar-refractivity contribution in [1.29, 1.82) is 0 Å². The zero-order valence-corrected chi connectivity index (χ0v) is 7.42. The van der Waals surface area contributed by atoms with Crippen LogP contribution in [0, 0.1) is 0 Å². The first-order chi connectivity index (χ1) is 6.43. The van der Waals surface area contributed by atoms with Gasteiger partial charge in [0.05, 0.1) is 6.54 Å². The van der Waals surface area contributed by atoms with Crippen LogP contribution >= 0.6 is 0 Å². The average molecular weight is 176 g/mol. The second-order valence-electron chi connectivity index (χ2n) is 3.66. The van der Waals surface area contributed by atoms with Gasteiger partial charge < -0.3 is 10.1 Å².